The molecule has 3 heterocycles. The highest BCUT2D eigenvalue weighted by Crippen LogP contribution is 2.29. The summed E-state index contributed by atoms with van der Waals surface area (Å²) < 4.78 is 38.8. The van der Waals surface area contributed by atoms with Crippen LogP contribution < -0.4 is 20.9 Å². The number of nitrogen functional groups attached to an aromatic ring is 1. The van der Waals surface area contributed by atoms with Crippen molar-refractivity contribution in [1.82, 2.24) is 15.0 Å². The standard InChI is InChI=1S/C22H21ClF3N7/c1-14(30-18-4-3-16(23)12-17(18)27)15-2-5-20(29-13-15)32-8-10-33(11-9-32)21-28-7-6-19(31-21)22(24,25)26/h2-7,12-13,30H,1,8-11,27H2. The van der Waals surface area contributed by atoms with Crippen LogP contribution in [0.1, 0.15) is 11.3 Å². The molecule has 4 rings (SSSR count). The number of halogens is 4. The number of rotatable bonds is 5. The highest BCUT2D eigenvalue weighted by Gasteiger charge is 2.33. The lowest BCUT2D eigenvalue weighted by molar-refractivity contribution is -0.141. The van der Waals surface area contributed by atoms with Crippen LogP contribution in [0.5, 0.6) is 0 Å². The summed E-state index contributed by atoms with van der Waals surface area (Å²) in [6.07, 6.45) is -1.65. The molecule has 0 atom stereocenters. The van der Waals surface area contributed by atoms with Crippen LogP contribution in [0, 0.1) is 0 Å². The van der Waals surface area contributed by atoms with Crippen molar-refractivity contribution in [2.24, 2.45) is 0 Å². The number of anilines is 4. The molecule has 0 aliphatic carbocycles. The molecule has 1 saturated heterocycles. The van der Waals surface area contributed by atoms with Gasteiger partial charge in [-0.2, -0.15) is 13.2 Å². The van der Waals surface area contributed by atoms with E-state index in [0.717, 1.165) is 23.6 Å². The smallest absolute Gasteiger partial charge is 0.397 e. The van der Waals surface area contributed by atoms with Crippen LogP contribution in [0.25, 0.3) is 5.70 Å². The van der Waals surface area contributed by atoms with Gasteiger partial charge in [-0.1, -0.05) is 18.2 Å². The van der Waals surface area contributed by atoms with E-state index >= 15 is 0 Å². The fraction of sp³-hybridized carbons (Fsp3) is 0.227. The van der Waals surface area contributed by atoms with Crippen LogP contribution in [0.15, 0.2) is 55.4 Å². The minimum absolute atomic E-state index is 0.0802. The van der Waals surface area contributed by atoms with Gasteiger partial charge in [0.15, 0.2) is 0 Å². The number of nitrogens with zero attached hydrogens (tertiary/aromatic N) is 5. The first-order valence-corrected chi connectivity index (χ1v) is 10.5. The monoisotopic (exact) mass is 475 g/mol. The summed E-state index contributed by atoms with van der Waals surface area (Å²) in [4.78, 5) is 16.0. The maximum absolute atomic E-state index is 12.9. The number of piperazine rings is 1. The molecule has 0 bridgehead atoms. The molecule has 3 N–H and O–H groups in total. The summed E-state index contributed by atoms with van der Waals surface area (Å²) in [7, 11) is 0. The molecule has 0 unspecified atom stereocenters. The second kappa shape index (κ2) is 9.14. The molecule has 1 aliphatic heterocycles. The first-order valence-electron chi connectivity index (χ1n) is 10.1. The topological polar surface area (TPSA) is 83.2 Å². The van der Waals surface area contributed by atoms with E-state index in [9.17, 15) is 13.2 Å². The minimum atomic E-state index is -4.50. The second-order valence-electron chi connectivity index (χ2n) is 7.45. The SMILES string of the molecule is C=C(Nc1ccc(Cl)cc1N)c1ccc(N2CCN(c3nccc(C(F)(F)F)n3)CC2)nc1. The Labute approximate surface area is 193 Å². The molecule has 1 aromatic carbocycles. The van der Waals surface area contributed by atoms with Gasteiger partial charge < -0.3 is 20.9 Å². The zero-order valence-corrected chi connectivity index (χ0v) is 18.2. The number of nitrogens with one attached hydrogen (secondary N) is 1. The lowest BCUT2D eigenvalue weighted by Crippen LogP contribution is -2.47. The third-order valence-corrected chi connectivity index (χ3v) is 5.45. The summed E-state index contributed by atoms with van der Waals surface area (Å²) in [6, 6.07) is 9.81. The van der Waals surface area contributed by atoms with Crippen molar-refractivity contribution in [2.75, 3.05) is 47.0 Å². The predicted octanol–water partition coefficient (Wildman–Crippen LogP) is 4.54. The Hall–Kier alpha value is -3.53. The molecule has 0 spiro atoms. The van der Waals surface area contributed by atoms with Gasteiger partial charge in [-0.25, -0.2) is 15.0 Å². The largest absolute Gasteiger partial charge is 0.433 e. The number of hydrogen-bond donors (Lipinski definition) is 2. The van der Waals surface area contributed by atoms with Crippen LogP contribution in [0.3, 0.4) is 0 Å². The Morgan fingerprint density at radius 2 is 1.76 bits per heavy atom. The normalized spacial score (nSPS) is 14.3. The predicted molar refractivity (Wildman–Crippen MR) is 124 cm³/mol. The average molecular weight is 476 g/mol. The quantitative estimate of drug-likeness (QED) is 0.524. The maximum Gasteiger partial charge on any atom is 0.433 e. The molecule has 1 aliphatic rings. The second-order valence-corrected chi connectivity index (χ2v) is 7.89. The van der Waals surface area contributed by atoms with Gasteiger partial charge in [-0.15, -0.1) is 0 Å². The Balaban J connectivity index is 1.37. The zero-order valence-electron chi connectivity index (χ0n) is 17.5. The van der Waals surface area contributed by atoms with Crippen molar-refractivity contribution in [2.45, 2.75) is 6.18 Å². The molecule has 1 fully saturated rings. The highest BCUT2D eigenvalue weighted by atomic mass is 35.5. The number of aromatic nitrogens is 3. The van der Waals surface area contributed by atoms with Gasteiger partial charge in [-0.3, -0.25) is 0 Å². The summed E-state index contributed by atoms with van der Waals surface area (Å²) in [5.74, 6) is 0.846. The average Bonchev–Trinajstić information content (AvgIpc) is 2.80. The van der Waals surface area contributed by atoms with E-state index in [1.54, 1.807) is 29.3 Å². The molecular formula is C22H21ClF3N7. The van der Waals surface area contributed by atoms with Crippen LogP contribution in [0.2, 0.25) is 5.02 Å². The molecule has 33 heavy (non-hydrogen) atoms. The van der Waals surface area contributed by atoms with Crippen molar-refractivity contribution >= 4 is 40.4 Å². The maximum atomic E-state index is 12.9. The Kier molecular flexibility index (Phi) is 6.28. The van der Waals surface area contributed by atoms with Gasteiger partial charge in [0.05, 0.1) is 11.4 Å². The zero-order chi connectivity index (χ0) is 23.6. The van der Waals surface area contributed by atoms with Crippen LogP contribution in [0.4, 0.5) is 36.3 Å². The molecule has 0 radical (unpaired) electrons. The summed E-state index contributed by atoms with van der Waals surface area (Å²) in [5.41, 5.74) is 7.67. The molecule has 7 nitrogen and oxygen atoms in total. The van der Waals surface area contributed by atoms with Crippen molar-refractivity contribution in [3.63, 3.8) is 0 Å². The van der Waals surface area contributed by atoms with E-state index in [2.05, 4.69) is 31.7 Å². The number of hydrogen-bond acceptors (Lipinski definition) is 7. The fourth-order valence-corrected chi connectivity index (χ4v) is 3.61. The number of benzene rings is 1. The summed E-state index contributed by atoms with van der Waals surface area (Å²) in [5, 5.41) is 3.71. The van der Waals surface area contributed by atoms with Gasteiger partial charge in [0.1, 0.15) is 11.5 Å². The van der Waals surface area contributed by atoms with Crippen LogP contribution in [-0.2, 0) is 6.18 Å². The molecule has 0 amide bonds. The third kappa shape index (κ3) is 5.28. The van der Waals surface area contributed by atoms with E-state index in [0.29, 0.717) is 48.3 Å². The van der Waals surface area contributed by atoms with Crippen LogP contribution >= 0.6 is 11.6 Å². The van der Waals surface area contributed by atoms with Crippen molar-refractivity contribution in [3.8, 4) is 0 Å². The first kappa shape index (κ1) is 22.7. The summed E-state index contributed by atoms with van der Waals surface area (Å²) in [6.45, 7) is 6.15. The van der Waals surface area contributed by atoms with Crippen molar-refractivity contribution in [1.29, 1.82) is 0 Å². The number of nitrogens with two attached hydrogens (primary N) is 1. The molecule has 3 aromatic rings. The fourth-order valence-electron chi connectivity index (χ4n) is 3.43. The molecule has 0 saturated carbocycles. The van der Waals surface area contributed by atoms with E-state index in [4.69, 9.17) is 17.3 Å². The molecule has 2 aromatic heterocycles. The van der Waals surface area contributed by atoms with E-state index in [1.165, 1.54) is 0 Å². The Morgan fingerprint density at radius 3 is 2.39 bits per heavy atom. The summed E-state index contributed by atoms with van der Waals surface area (Å²) >= 11 is 5.93. The van der Waals surface area contributed by atoms with E-state index in [-0.39, 0.29) is 5.95 Å². The van der Waals surface area contributed by atoms with E-state index < -0.39 is 11.9 Å². The van der Waals surface area contributed by atoms with Crippen molar-refractivity contribution in [3.05, 3.63) is 71.7 Å². The molecule has 11 heteroatoms. The van der Waals surface area contributed by atoms with Gasteiger partial charge in [-0.05, 0) is 36.4 Å². The van der Waals surface area contributed by atoms with Gasteiger partial charge in [0, 0.05) is 54.9 Å². The lowest BCUT2D eigenvalue weighted by atomic mass is 10.2. The third-order valence-electron chi connectivity index (χ3n) is 5.22. The van der Waals surface area contributed by atoms with Gasteiger partial charge >= 0.3 is 6.18 Å². The lowest BCUT2D eigenvalue weighted by Gasteiger charge is -2.35. The number of pyridine rings is 1. The molecule has 172 valence electrons. The highest BCUT2D eigenvalue weighted by molar-refractivity contribution is 6.31. The number of alkyl halides is 3. The van der Waals surface area contributed by atoms with Crippen molar-refractivity contribution < 1.29 is 13.2 Å². The minimum Gasteiger partial charge on any atom is -0.397 e. The van der Waals surface area contributed by atoms with Gasteiger partial charge in [0.2, 0.25) is 5.95 Å². The van der Waals surface area contributed by atoms with Crippen LogP contribution in [-0.4, -0.2) is 41.1 Å². The Bertz CT molecular complexity index is 1140. The first-order chi connectivity index (χ1) is 15.7. The Morgan fingerprint density at radius 1 is 1.03 bits per heavy atom. The molecular weight excluding hydrogens is 455 g/mol. The van der Waals surface area contributed by atoms with E-state index in [1.807, 2.05) is 12.1 Å². The van der Waals surface area contributed by atoms with Gasteiger partial charge in [0.25, 0.3) is 0 Å².